The predicted molar refractivity (Wildman–Crippen MR) is 63.3 cm³/mol. The van der Waals surface area contributed by atoms with Gasteiger partial charge in [-0.1, -0.05) is 6.07 Å². The van der Waals surface area contributed by atoms with Crippen LogP contribution in [0.15, 0.2) is 41.3 Å². The number of pyridine rings is 1. The number of para-hydroxylation sites is 1. The van der Waals surface area contributed by atoms with E-state index < -0.39 is 28.9 Å². The summed E-state index contributed by atoms with van der Waals surface area (Å²) in [6.07, 6.45) is 1.04. The summed E-state index contributed by atoms with van der Waals surface area (Å²) < 4.78 is 32.4. The van der Waals surface area contributed by atoms with Crippen molar-refractivity contribution < 1.29 is 18.3 Å². The minimum atomic E-state index is -0.899. The zero-order valence-corrected chi connectivity index (χ0v) is 9.89. The molecule has 1 aromatic heterocycles. The van der Waals surface area contributed by atoms with Gasteiger partial charge in [-0.15, -0.1) is 0 Å². The predicted octanol–water partition coefficient (Wildman–Crippen LogP) is 1.90. The maximum Gasteiger partial charge on any atom is 0.339 e. The van der Waals surface area contributed by atoms with E-state index in [1.165, 1.54) is 19.2 Å². The van der Waals surface area contributed by atoms with Crippen molar-refractivity contribution in [3.05, 3.63) is 64.1 Å². The zero-order chi connectivity index (χ0) is 14.0. The van der Waals surface area contributed by atoms with Gasteiger partial charge in [-0.05, 0) is 18.2 Å². The molecule has 0 bridgehead atoms. The number of ether oxygens (including phenoxy) is 1. The SMILES string of the molecule is COC(=O)c1ccc(=O)n(-c2c(F)cccc2F)c1. The van der Waals surface area contributed by atoms with Crippen LogP contribution in [0.1, 0.15) is 10.4 Å². The molecule has 6 heteroatoms. The first-order valence-electron chi connectivity index (χ1n) is 5.30. The molecule has 0 radical (unpaired) electrons. The van der Waals surface area contributed by atoms with E-state index >= 15 is 0 Å². The maximum atomic E-state index is 13.6. The number of methoxy groups -OCH3 is 1. The third kappa shape index (κ3) is 2.37. The van der Waals surface area contributed by atoms with Crippen molar-refractivity contribution in [1.29, 1.82) is 0 Å². The highest BCUT2D eigenvalue weighted by Gasteiger charge is 2.14. The van der Waals surface area contributed by atoms with Gasteiger partial charge in [-0.2, -0.15) is 0 Å². The first kappa shape index (κ1) is 12.9. The lowest BCUT2D eigenvalue weighted by molar-refractivity contribution is 0.0600. The molecule has 0 aliphatic heterocycles. The average Bonchev–Trinajstić information content (AvgIpc) is 2.39. The monoisotopic (exact) mass is 265 g/mol. The van der Waals surface area contributed by atoms with Crippen LogP contribution >= 0.6 is 0 Å². The number of nitrogens with zero attached hydrogens (tertiary/aromatic N) is 1. The third-order valence-electron chi connectivity index (χ3n) is 2.51. The first-order valence-corrected chi connectivity index (χ1v) is 5.30. The number of carbonyl (C=O) groups is 1. The summed E-state index contributed by atoms with van der Waals surface area (Å²) in [7, 11) is 1.17. The molecular weight excluding hydrogens is 256 g/mol. The van der Waals surface area contributed by atoms with Crippen LogP contribution in [-0.2, 0) is 4.74 Å². The van der Waals surface area contributed by atoms with Crippen molar-refractivity contribution in [2.24, 2.45) is 0 Å². The van der Waals surface area contributed by atoms with Crippen molar-refractivity contribution in [3.63, 3.8) is 0 Å². The third-order valence-corrected chi connectivity index (χ3v) is 2.51. The molecule has 0 saturated carbocycles. The van der Waals surface area contributed by atoms with E-state index in [-0.39, 0.29) is 5.56 Å². The molecule has 0 spiro atoms. The lowest BCUT2D eigenvalue weighted by atomic mass is 10.2. The summed E-state index contributed by atoms with van der Waals surface area (Å²) in [5, 5.41) is 0. The molecule has 2 aromatic rings. The summed E-state index contributed by atoms with van der Waals surface area (Å²) >= 11 is 0. The number of carbonyl (C=O) groups excluding carboxylic acids is 1. The standard InChI is InChI=1S/C13H9F2NO3/c1-19-13(18)8-5-6-11(17)16(7-8)12-9(14)3-2-4-10(12)15/h2-7H,1H3. The molecule has 0 aliphatic carbocycles. The summed E-state index contributed by atoms with van der Waals surface area (Å²) in [5.41, 5.74) is -1.17. The lowest BCUT2D eigenvalue weighted by Gasteiger charge is -2.09. The van der Waals surface area contributed by atoms with Crippen LogP contribution in [0.25, 0.3) is 5.69 Å². The highest BCUT2D eigenvalue weighted by Crippen LogP contribution is 2.16. The molecule has 0 aliphatic rings. The summed E-state index contributed by atoms with van der Waals surface area (Å²) in [4.78, 5) is 23.0. The second kappa shape index (κ2) is 5.01. The van der Waals surface area contributed by atoms with E-state index in [0.29, 0.717) is 0 Å². The fraction of sp³-hybridized carbons (Fsp3) is 0.0769. The molecule has 4 nitrogen and oxygen atoms in total. The van der Waals surface area contributed by atoms with Gasteiger partial charge in [0.2, 0.25) is 0 Å². The van der Waals surface area contributed by atoms with E-state index in [1.807, 2.05) is 0 Å². The van der Waals surface area contributed by atoms with Gasteiger partial charge in [0.05, 0.1) is 12.7 Å². The van der Waals surface area contributed by atoms with Crippen LogP contribution in [0.5, 0.6) is 0 Å². The fourth-order valence-electron chi connectivity index (χ4n) is 1.62. The van der Waals surface area contributed by atoms with E-state index in [9.17, 15) is 18.4 Å². The van der Waals surface area contributed by atoms with Crippen molar-refractivity contribution in [1.82, 2.24) is 4.57 Å². The molecule has 1 heterocycles. The number of benzene rings is 1. The lowest BCUT2D eigenvalue weighted by Crippen LogP contribution is -2.21. The Labute approximate surface area is 106 Å². The Bertz CT molecular complexity index is 674. The Morgan fingerprint density at radius 1 is 1.16 bits per heavy atom. The van der Waals surface area contributed by atoms with Crippen LogP contribution in [0.3, 0.4) is 0 Å². The second-order valence-corrected chi connectivity index (χ2v) is 3.69. The molecule has 2 rings (SSSR count). The summed E-state index contributed by atoms with van der Waals surface area (Å²) in [5.74, 6) is -2.50. The molecule has 1 aromatic carbocycles. The number of halogens is 2. The van der Waals surface area contributed by atoms with Crippen molar-refractivity contribution in [2.75, 3.05) is 7.11 Å². The highest BCUT2D eigenvalue weighted by atomic mass is 19.1. The number of rotatable bonds is 2. The van der Waals surface area contributed by atoms with Crippen LogP contribution in [0.4, 0.5) is 8.78 Å². The Balaban J connectivity index is 2.68. The van der Waals surface area contributed by atoms with Crippen molar-refractivity contribution in [3.8, 4) is 5.69 Å². The number of hydrogen-bond donors (Lipinski definition) is 0. The largest absolute Gasteiger partial charge is 0.465 e. The Kier molecular flexibility index (Phi) is 3.41. The number of hydrogen-bond acceptors (Lipinski definition) is 3. The molecule has 0 N–H and O–H groups in total. The summed E-state index contributed by atoms with van der Waals surface area (Å²) in [6.45, 7) is 0. The van der Waals surface area contributed by atoms with E-state index in [2.05, 4.69) is 4.74 Å². The molecule has 0 amide bonds. The molecule has 0 saturated heterocycles. The highest BCUT2D eigenvalue weighted by molar-refractivity contribution is 5.88. The Morgan fingerprint density at radius 3 is 2.37 bits per heavy atom. The normalized spacial score (nSPS) is 10.3. The van der Waals surface area contributed by atoms with Gasteiger partial charge < -0.3 is 4.74 Å². The minimum absolute atomic E-state index is 0.0183. The first-order chi connectivity index (χ1) is 9.04. The van der Waals surface area contributed by atoms with Gasteiger partial charge in [0, 0.05) is 12.3 Å². The van der Waals surface area contributed by atoms with Crippen LogP contribution in [-0.4, -0.2) is 17.6 Å². The second-order valence-electron chi connectivity index (χ2n) is 3.69. The molecule has 98 valence electrons. The van der Waals surface area contributed by atoms with Crippen LogP contribution in [0.2, 0.25) is 0 Å². The van der Waals surface area contributed by atoms with Gasteiger partial charge in [0.25, 0.3) is 5.56 Å². The Hall–Kier alpha value is -2.50. The van der Waals surface area contributed by atoms with Gasteiger partial charge >= 0.3 is 5.97 Å². The zero-order valence-electron chi connectivity index (χ0n) is 9.89. The fourth-order valence-corrected chi connectivity index (χ4v) is 1.62. The van der Waals surface area contributed by atoms with E-state index in [1.54, 1.807) is 0 Å². The number of esters is 1. The minimum Gasteiger partial charge on any atom is -0.465 e. The van der Waals surface area contributed by atoms with E-state index in [0.717, 1.165) is 29.0 Å². The quantitative estimate of drug-likeness (QED) is 0.779. The van der Waals surface area contributed by atoms with E-state index in [4.69, 9.17) is 0 Å². The maximum absolute atomic E-state index is 13.6. The molecule has 0 unspecified atom stereocenters. The van der Waals surface area contributed by atoms with Crippen molar-refractivity contribution in [2.45, 2.75) is 0 Å². The number of aromatic nitrogens is 1. The smallest absolute Gasteiger partial charge is 0.339 e. The Morgan fingerprint density at radius 2 is 1.79 bits per heavy atom. The van der Waals surface area contributed by atoms with Gasteiger partial charge in [0.15, 0.2) is 0 Å². The molecule has 0 atom stereocenters. The van der Waals surface area contributed by atoms with Crippen LogP contribution in [0, 0.1) is 11.6 Å². The van der Waals surface area contributed by atoms with Crippen molar-refractivity contribution >= 4 is 5.97 Å². The van der Waals surface area contributed by atoms with Gasteiger partial charge in [-0.25, -0.2) is 13.6 Å². The molecule has 0 fully saturated rings. The van der Waals surface area contributed by atoms with Gasteiger partial charge in [0.1, 0.15) is 17.3 Å². The van der Waals surface area contributed by atoms with Crippen LogP contribution < -0.4 is 5.56 Å². The molecular formula is C13H9F2NO3. The topological polar surface area (TPSA) is 48.3 Å². The summed E-state index contributed by atoms with van der Waals surface area (Å²) in [6, 6.07) is 5.50. The van der Waals surface area contributed by atoms with Gasteiger partial charge in [-0.3, -0.25) is 9.36 Å². The molecule has 19 heavy (non-hydrogen) atoms. The average molecular weight is 265 g/mol.